The Labute approximate surface area is 268 Å². The Kier molecular flexibility index (Phi) is 10.1. The van der Waals surface area contributed by atoms with Crippen LogP contribution in [0.3, 0.4) is 0 Å². The summed E-state index contributed by atoms with van der Waals surface area (Å²) in [4.78, 5) is 30.1. The number of esters is 1. The van der Waals surface area contributed by atoms with Gasteiger partial charge in [0.1, 0.15) is 18.2 Å². The van der Waals surface area contributed by atoms with Crippen LogP contribution in [-0.4, -0.2) is 40.3 Å². The monoisotopic (exact) mass is 645 g/mol. The number of alkyl carbamates (subject to hydrolysis) is 1. The van der Waals surface area contributed by atoms with E-state index in [4.69, 9.17) is 9.47 Å². The highest BCUT2D eigenvalue weighted by Gasteiger charge is 2.38. The Hall–Kier alpha value is -5.03. The number of nitrogens with one attached hydrogen (secondary N) is 1. The van der Waals surface area contributed by atoms with E-state index in [0.29, 0.717) is 11.3 Å². The van der Waals surface area contributed by atoms with Gasteiger partial charge in [-0.25, -0.2) is 14.6 Å². The van der Waals surface area contributed by atoms with E-state index in [1.807, 2.05) is 65.4 Å². The largest absolute Gasteiger partial charge is 0.467 e. The van der Waals surface area contributed by atoms with E-state index < -0.39 is 29.2 Å². The number of thioether (sulfide) groups is 1. The number of carbonyl (C=O) groups excluding carboxylic acids is 2. The van der Waals surface area contributed by atoms with Crippen molar-refractivity contribution >= 4 is 23.8 Å². The molecule has 5 aromatic rings. The summed E-state index contributed by atoms with van der Waals surface area (Å²) < 4.78 is 50.0. The highest BCUT2D eigenvalue weighted by molar-refractivity contribution is 8.00. The SMILES string of the molecule is COC(=O)C(Cc1cn(C(c2ccccc2)(c2ccccc2)c2ccccc2)cn1)NC(=O)OCc1ccc(SC(F)(F)F)cc1. The number of amides is 1. The third-order valence-electron chi connectivity index (χ3n) is 7.32. The summed E-state index contributed by atoms with van der Waals surface area (Å²) in [5.41, 5.74) is -1.23. The predicted octanol–water partition coefficient (Wildman–Crippen LogP) is 7.35. The second kappa shape index (κ2) is 14.4. The summed E-state index contributed by atoms with van der Waals surface area (Å²) in [6, 6.07) is 34.4. The molecule has 0 bridgehead atoms. The van der Waals surface area contributed by atoms with Crippen LogP contribution in [0, 0.1) is 0 Å². The second-order valence-corrected chi connectivity index (χ2v) is 11.4. The van der Waals surface area contributed by atoms with Gasteiger partial charge in [0, 0.05) is 17.5 Å². The molecule has 1 atom stereocenters. The van der Waals surface area contributed by atoms with Crippen LogP contribution in [0.15, 0.2) is 133 Å². The maximum Gasteiger partial charge on any atom is 0.446 e. The first kappa shape index (κ1) is 32.4. The quantitative estimate of drug-likeness (QED) is 0.0920. The molecule has 0 radical (unpaired) electrons. The number of imidazole rings is 1. The molecule has 0 fully saturated rings. The lowest BCUT2D eigenvalue weighted by Gasteiger charge is -2.37. The fourth-order valence-corrected chi connectivity index (χ4v) is 5.84. The molecule has 1 unspecified atom stereocenters. The fourth-order valence-electron chi connectivity index (χ4n) is 5.30. The first-order valence-corrected chi connectivity index (χ1v) is 15.1. The lowest BCUT2D eigenvalue weighted by molar-refractivity contribution is -0.143. The van der Waals surface area contributed by atoms with E-state index in [1.54, 1.807) is 6.33 Å². The number of methoxy groups -OCH3 is 1. The first-order valence-electron chi connectivity index (χ1n) is 14.2. The van der Waals surface area contributed by atoms with Crippen molar-refractivity contribution in [1.82, 2.24) is 14.9 Å². The standard InChI is InChI=1S/C35H30F3N3O4S/c1-44-32(42)31(40-33(43)45-23-25-17-19-30(20-18-25)46-35(36,37)38)21-29-22-41(24-39-29)34(26-11-5-2-6-12-26,27-13-7-3-8-14-27)28-15-9-4-10-16-28/h2-20,22,24,31H,21,23H2,1H3,(H,40,43). The molecule has 11 heteroatoms. The molecule has 1 N–H and O–H groups in total. The molecule has 0 saturated carbocycles. The summed E-state index contributed by atoms with van der Waals surface area (Å²) in [5.74, 6) is -0.694. The second-order valence-electron chi connectivity index (χ2n) is 10.3. The van der Waals surface area contributed by atoms with Gasteiger partial charge in [-0.15, -0.1) is 0 Å². The molecule has 0 aliphatic rings. The van der Waals surface area contributed by atoms with Crippen LogP contribution in [-0.2, 0) is 32.8 Å². The maximum absolute atomic E-state index is 12.7. The van der Waals surface area contributed by atoms with Gasteiger partial charge in [0.05, 0.1) is 19.1 Å². The molecule has 46 heavy (non-hydrogen) atoms. The number of hydrogen-bond acceptors (Lipinski definition) is 6. The Bertz CT molecular complexity index is 1640. The van der Waals surface area contributed by atoms with E-state index in [9.17, 15) is 22.8 Å². The van der Waals surface area contributed by atoms with Crippen molar-refractivity contribution in [3.8, 4) is 0 Å². The maximum atomic E-state index is 12.7. The number of rotatable bonds is 11. The van der Waals surface area contributed by atoms with Gasteiger partial charge < -0.3 is 19.4 Å². The highest BCUT2D eigenvalue weighted by atomic mass is 32.2. The minimum absolute atomic E-state index is 0.00653. The number of benzene rings is 4. The van der Waals surface area contributed by atoms with Gasteiger partial charge in [-0.2, -0.15) is 13.2 Å². The van der Waals surface area contributed by atoms with Crippen LogP contribution in [0.4, 0.5) is 18.0 Å². The molecule has 236 valence electrons. The van der Waals surface area contributed by atoms with E-state index >= 15 is 0 Å². The molecular weight excluding hydrogens is 615 g/mol. The summed E-state index contributed by atoms with van der Waals surface area (Å²) >= 11 is -0.231. The zero-order valence-electron chi connectivity index (χ0n) is 24.7. The summed E-state index contributed by atoms with van der Waals surface area (Å²) in [7, 11) is 1.21. The number of aromatic nitrogens is 2. The molecular formula is C35H30F3N3O4S. The van der Waals surface area contributed by atoms with Crippen LogP contribution < -0.4 is 5.32 Å². The molecule has 1 heterocycles. The van der Waals surface area contributed by atoms with Gasteiger partial charge in [0.25, 0.3) is 0 Å². The number of halogens is 3. The molecule has 0 spiro atoms. The minimum atomic E-state index is -4.40. The van der Waals surface area contributed by atoms with Crippen molar-refractivity contribution in [3.05, 3.63) is 156 Å². The van der Waals surface area contributed by atoms with E-state index in [2.05, 4.69) is 46.7 Å². The van der Waals surface area contributed by atoms with Crippen molar-refractivity contribution in [2.75, 3.05) is 7.11 Å². The molecule has 7 nitrogen and oxygen atoms in total. The van der Waals surface area contributed by atoms with Crippen molar-refractivity contribution in [1.29, 1.82) is 0 Å². The van der Waals surface area contributed by atoms with Crippen LogP contribution in [0.2, 0.25) is 0 Å². The summed E-state index contributed by atoms with van der Waals surface area (Å²) in [6.07, 6.45) is 2.66. The van der Waals surface area contributed by atoms with Crippen molar-refractivity contribution in [2.24, 2.45) is 0 Å². The smallest absolute Gasteiger partial charge is 0.446 e. The van der Waals surface area contributed by atoms with E-state index in [1.165, 1.54) is 31.4 Å². The number of nitrogens with zero attached hydrogens (tertiary/aromatic N) is 2. The molecule has 1 amide bonds. The molecule has 1 aromatic heterocycles. The topological polar surface area (TPSA) is 82.5 Å². The Morgan fingerprint density at radius 2 is 1.35 bits per heavy atom. The lowest BCUT2D eigenvalue weighted by atomic mass is 9.77. The van der Waals surface area contributed by atoms with Gasteiger partial charge >= 0.3 is 17.6 Å². The highest BCUT2D eigenvalue weighted by Crippen LogP contribution is 2.41. The third-order valence-corrected chi connectivity index (χ3v) is 8.06. The molecule has 0 aliphatic heterocycles. The number of carbonyl (C=O) groups is 2. The normalized spacial score (nSPS) is 12.3. The van der Waals surface area contributed by atoms with Gasteiger partial charge in [-0.1, -0.05) is 103 Å². The van der Waals surface area contributed by atoms with Crippen LogP contribution in [0.25, 0.3) is 0 Å². The lowest BCUT2D eigenvalue weighted by Crippen LogP contribution is -2.43. The zero-order valence-corrected chi connectivity index (χ0v) is 25.5. The van der Waals surface area contributed by atoms with Crippen LogP contribution in [0.1, 0.15) is 27.9 Å². The van der Waals surface area contributed by atoms with Crippen molar-refractivity contribution in [2.45, 2.75) is 35.0 Å². The summed E-state index contributed by atoms with van der Waals surface area (Å²) in [5, 5.41) is 2.53. The molecule has 5 rings (SSSR count). The average Bonchev–Trinajstić information content (AvgIpc) is 3.53. The Balaban J connectivity index is 1.38. The van der Waals surface area contributed by atoms with E-state index in [0.717, 1.165) is 16.7 Å². The van der Waals surface area contributed by atoms with Gasteiger partial charge in [0.2, 0.25) is 0 Å². The van der Waals surface area contributed by atoms with Crippen molar-refractivity contribution < 1.29 is 32.2 Å². The molecule has 0 saturated heterocycles. The van der Waals surface area contributed by atoms with Gasteiger partial charge in [0.15, 0.2) is 0 Å². The fraction of sp³-hybridized carbons (Fsp3) is 0.171. The number of hydrogen-bond donors (Lipinski definition) is 1. The number of ether oxygens (including phenoxy) is 2. The zero-order chi connectivity index (χ0) is 32.6. The predicted molar refractivity (Wildman–Crippen MR) is 168 cm³/mol. The third kappa shape index (κ3) is 7.60. The number of alkyl halides is 3. The Morgan fingerprint density at radius 1 is 0.826 bits per heavy atom. The van der Waals surface area contributed by atoms with Crippen LogP contribution >= 0.6 is 11.8 Å². The van der Waals surface area contributed by atoms with E-state index in [-0.39, 0.29) is 29.7 Å². The molecule has 0 aliphatic carbocycles. The van der Waals surface area contributed by atoms with Crippen LogP contribution in [0.5, 0.6) is 0 Å². The summed E-state index contributed by atoms with van der Waals surface area (Å²) in [6.45, 7) is -0.209. The van der Waals surface area contributed by atoms with Gasteiger partial charge in [-0.05, 0) is 46.1 Å². The average molecular weight is 646 g/mol. The Morgan fingerprint density at radius 3 is 1.83 bits per heavy atom. The minimum Gasteiger partial charge on any atom is -0.467 e. The molecule has 4 aromatic carbocycles. The first-order chi connectivity index (χ1) is 22.2. The van der Waals surface area contributed by atoms with Gasteiger partial charge in [-0.3, -0.25) is 0 Å². The van der Waals surface area contributed by atoms with Crippen molar-refractivity contribution in [3.63, 3.8) is 0 Å².